The van der Waals surface area contributed by atoms with Crippen LogP contribution in [0.25, 0.3) is 17.0 Å². The second-order valence-corrected chi connectivity index (χ2v) is 8.26. The first-order chi connectivity index (χ1) is 13.9. The molecule has 0 spiro atoms. The minimum atomic E-state index is 0. The highest BCUT2D eigenvalue weighted by Gasteiger charge is 2.28. The van der Waals surface area contributed by atoms with Crippen LogP contribution in [0.4, 0.5) is 0 Å². The topological polar surface area (TPSA) is 45.5 Å². The lowest BCUT2D eigenvalue weighted by Crippen LogP contribution is -2.39. The lowest BCUT2D eigenvalue weighted by Gasteiger charge is -2.37. The summed E-state index contributed by atoms with van der Waals surface area (Å²) in [6.45, 7) is 5.74. The van der Waals surface area contributed by atoms with Crippen LogP contribution in [0.5, 0.6) is 0 Å². The van der Waals surface area contributed by atoms with Crippen LogP contribution in [0.15, 0.2) is 48.8 Å². The number of hydrogen-bond acceptors (Lipinski definition) is 4. The zero-order valence-electron chi connectivity index (χ0n) is 17.2. The van der Waals surface area contributed by atoms with Crippen molar-refractivity contribution in [3.8, 4) is 11.3 Å². The summed E-state index contributed by atoms with van der Waals surface area (Å²) in [6, 6.07) is 12.5. The molecule has 0 bridgehead atoms. The molecule has 7 heteroatoms. The van der Waals surface area contributed by atoms with Gasteiger partial charge in [-0.15, -0.1) is 24.8 Å². The van der Waals surface area contributed by atoms with Crippen LogP contribution in [-0.2, 0) is 6.54 Å². The van der Waals surface area contributed by atoms with Gasteiger partial charge in [0.2, 0.25) is 5.78 Å². The average molecular weight is 448 g/mol. The quantitative estimate of drug-likeness (QED) is 0.641. The Kier molecular flexibility index (Phi) is 8.12. The number of imidazole rings is 1. The molecule has 4 heterocycles. The molecule has 3 aromatic rings. The summed E-state index contributed by atoms with van der Waals surface area (Å²) in [5.74, 6) is 2.64. The van der Waals surface area contributed by atoms with Gasteiger partial charge in [0, 0.05) is 24.5 Å². The van der Waals surface area contributed by atoms with Crippen LogP contribution in [0.2, 0.25) is 0 Å². The van der Waals surface area contributed by atoms with Crippen molar-refractivity contribution < 1.29 is 0 Å². The first kappa shape index (κ1) is 23.0. The Balaban J connectivity index is 0.00000128. The van der Waals surface area contributed by atoms with E-state index in [0.717, 1.165) is 29.9 Å². The van der Waals surface area contributed by atoms with E-state index in [1.54, 1.807) is 0 Å². The van der Waals surface area contributed by atoms with Gasteiger partial charge in [-0.25, -0.2) is 9.97 Å². The smallest absolute Gasteiger partial charge is 0.234 e. The Morgan fingerprint density at radius 3 is 2.33 bits per heavy atom. The third-order valence-corrected chi connectivity index (χ3v) is 6.61. The molecule has 30 heavy (non-hydrogen) atoms. The highest BCUT2D eigenvalue weighted by molar-refractivity contribution is 5.85. The maximum atomic E-state index is 4.86. The number of nitrogens with zero attached hydrogens (tertiary/aromatic N) is 4. The number of aromatic nitrogens is 3. The van der Waals surface area contributed by atoms with E-state index in [9.17, 15) is 0 Å². The van der Waals surface area contributed by atoms with Crippen molar-refractivity contribution in [2.45, 2.75) is 32.2 Å². The monoisotopic (exact) mass is 447 g/mol. The Morgan fingerprint density at radius 1 is 0.900 bits per heavy atom. The largest absolute Gasteiger partial charge is 0.317 e. The molecule has 1 aromatic carbocycles. The minimum absolute atomic E-state index is 0. The third-order valence-electron chi connectivity index (χ3n) is 6.61. The zero-order chi connectivity index (χ0) is 18.8. The second-order valence-electron chi connectivity index (χ2n) is 8.26. The molecule has 5 rings (SSSR count). The highest BCUT2D eigenvalue weighted by Crippen LogP contribution is 2.32. The van der Waals surface area contributed by atoms with E-state index in [4.69, 9.17) is 4.98 Å². The van der Waals surface area contributed by atoms with Crippen LogP contribution >= 0.6 is 24.8 Å². The van der Waals surface area contributed by atoms with E-state index in [2.05, 4.69) is 56.1 Å². The number of piperidine rings is 2. The van der Waals surface area contributed by atoms with Crippen LogP contribution in [0.3, 0.4) is 0 Å². The number of fused-ring (bicyclic) bond motifs is 1. The van der Waals surface area contributed by atoms with Crippen molar-refractivity contribution in [3.63, 3.8) is 0 Å². The standard InChI is InChI=1S/C23H29N5.2ClH/c1-2-5-20(6-3-1)22-21(28-14-4-11-25-23(28)26-22)17-27-15-9-19(10-16-27)18-7-12-24-13-8-18;;/h1-6,11,14,18-19,24H,7-10,12-13,15-17H2;2*1H. The number of rotatable bonds is 4. The molecule has 2 saturated heterocycles. The summed E-state index contributed by atoms with van der Waals surface area (Å²) in [4.78, 5) is 11.9. The van der Waals surface area contributed by atoms with Gasteiger partial charge in [0.1, 0.15) is 0 Å². The Morgan fingerprint density at radius 2 is 1.60 bits per heavy atom. The molecule has 0 radical (unpaired) electrons. The first-order valence-electron chi connectivity index (χ1n) is 10.7. The third kappa shape index (κ3) is 4.80. The van der Waals surface area contributed by atoms with Gasteiger partial charge < -0.3 is 5.32 Å². The average Bonchev–Trinajstić information content (AvgIpc) is 3.14. The lowest BCUT2D eigenvalue weighted by molar-refractivity contribution is 0.125. The van der Waals surface area contributed by atoms with Crippen molar-refractivity contribution in [2.24, 2.45) is 11.8 Å². The normalized spacial score (nSPS) is 18.7. The number of likely N-dealkylation sites (tertiary alicyclic amines) is 1. The molecule has 0 aliphatic carbocycles. The van der Waals surface area contributed by atoms with E-state index < -0.39 is 0 Å². The second kappa shape index (κ2) is 10.6. The fourth-order valence-electron chi connectivity index (χ4n) is 5.02. The van der Waals surface area contributed by atoms with E-state index >= 15 is 0 Å². The molecular formula is C23H31Cl2N5. The van der Waals surface area contributed by atoms with Crippen molar-refractivity contribution in [2.75, 3.05) is 26.2 Å². The van der Waals surface area contributed by atoms with E-state index in [1.807, 2.05) is 12.3 Å². The maximum absolute atomic E-state index is 4.86. The summed E-state index contributed by atoms with van der Waals surface area (Å²) < 4.78 is 2.17. The van der Waals surface area contributed by atoms with Gasteiger partial charge in [0.05, 0.1) is 11.4 Å². The van der Waals surface area contributed by atoms with Gasteiger partial charge >= 0.3 is 0 Å². The first-order valence-corrected chi connectivity index (χ1v) is 10.7. The highest BCUT2D eigenvalue weighted by atomic mass is 35.5. The predicted molar refractivity (Wildman–Crippen MR) is 127 cm³/mol. The Bertz CT molecular complexity index is 916. The molecule has 0 saturated carbocycles. The van der Waals surface area contributed by atoms with E-state index in [-0.39, 0.29) is 24.8 Å². The zero-order valence-corrected chi connectivity index (χ0v) is 18.9. The number of halogens is 2. The molecular weight excluding hydrogens is 417 g/mol. The molecule has 162 valence electrons. The van der Waals surface area contributed by atoms with Crippen LogP contribution in [-0.4, -0.2) is 45.4 Å². The number of benzene rings is 1. The SMILES string of the molecule is Cl.Cl.c1ccc(-c2nc3ncccn3c2CN2CCC(C3CCNCC3)CC2)cc1. The van der Waals surface area contributed by atoms with Gasteiger partial charge in [-0.3, -0.25) is 9.30 Å². The number of hydrogen-bond donors (Lipinski definition) is 1. The van der Waals surface area contributed by atoms with Crippen molar-refractivity contribution >= 4 is 30.6 Å². The molecule has 2 fully saturated rings. The summed E-state index contributed by atoms with van der Waals surface area (Å²) in [6.07, 6.45) is 9.31. The molecule has 0 unspecified atom stereocenters. The molecule has 2 aromatic heterocycles. The number of nitrogens with one attached hydrogen (secondary N) is 1. The summed E-state index contributed by atoms with van der Waals surface area (Å²) in [5, 5.41) is 3.51. The van der Waals surface area contributed by atoms with Crippen LogP contribution in [0, 0.1) is 11.8 Å². The summed E-state index contributed by atoms with van der Waals surface area (Å²) in [5.41, 5.74) is 3.50. The summed E-state index contributed by atoms with van der Waals surface area (Å²) >= 11 is 0. The molecule has 0 amide bonds. The van der Waals surface area contributed by atoms with E-state index in [1.165, 1.54) is 63.1 Å². The summed E-state index contributed by atoms with van der Waals surface area (Å²) in [7, 11) is 0. The molecule has 2 aliphatic heterocycles. The van der Waals surface area contributed by atoms with Crippen LogP contribution < -0.4 is 5.32 Å². The Hall–Kier alpha value is -1.66. The molecule has 2 aliphatic rings. The fraction of sp³-hybridized carbons (Fsp3) is 0.478. The van der Waals surface area contributed by atoms with E-state index in [0.29, 0.717) is 0 Å². The lowest BCUT2D eigenvalue weighted by atomic mass is 9.79. The van der Waals surface area contributed by atoms with Crippen molar-refractivity contribution in [3.05, 3.63) is 54.5 Å². The van der Waals surface area contributed by atoms with Gasteiger partial charge in [-0.2, -0.15) is 0 Å². The fourth-order valence-corrected chi connectivity index (χ4v) is 5.02. The molecule has 1 N–H and O–H groups in total. The van der Waals surface area contributed by atoms with Gasteiger partial charge in [-0.1, -0.05) is 30.3 Å². The van der Waals surface area contributed by atoms with Gasteiger partial charge in [0.25, 0.3) is 0 Å². The molecule has 0 atom stereocenters. The van der Waals surface area contributed by atoms with Crippen LogP contribution in [0.1, 0.15) is 31.4 Å². The van der Waals surface area contributed by atoms with Crippen molar-refractivity contribution in [1.82, 2.24) is 24.6 Å². The molecule has 5 nitrogen and oxygen atoms in total. The van der Waals surface area contributed by atoms with Crippen molar-refractivity contribution in [1.29, 1.82) is 0 Å². The minimum Gasteiger partial charge on any atom is -0.317 e. The van der Waals surface area contributed by atoms with Gasteiger partial charge in [0.15, 0.2) is 0 Å². The van der Waals surface area contributed by atoms with Gasteiger partial charge in [-0.05, 0) is 69.8 Å². The predicted octanol–water partition coefficient (Wildman–Crippen LogP) is 4.45. The Labute approximate surface area is 191 Å². The maximum Gasteiger partial charge on any atom is 0.234 e.